The van der Waals surface area contributed by atoms with E-state index >= 15 is 0 Å². The number of aliphatic hydroxyl groups excluding tert-OH is 1. The topological polar surface area (TPSA) is 96.3 Å². The van der Waals surface area contributed by atoms with Crippen molar-refractivity contribution < 1.29 is 29.3 Å². The lowest BCUT2D eigenvalue weighted by Gasteiger charge is -2.33. The van der Waals surface area contributed by atoms with Crippen LogP contribution in [0.2, 0.25) is 0 Å². The van der Waals surface area contributed by atoms with E-state index in [0.29, 0.717) is 0 Å². The number of nitrogens with zero attached hydrogens (tertiary/aromatic N) is 1. The third-order valence-corrected chi connectivity index (χ3v) is 2.29. The molecule has 0 aliphatic carbocycles. The molecule has 2 rings (SSSR count). The number of rotatable bonds is 2. The van der Waals surface area contributed by atoms with Gasteiger partial charge in [-0.25, -0.2) is 4.79 Å². The van der Waals surface area contributed by atoms with Crippen molar-refractivity contribution in [3.8, 4) is 0 Å². The summed E-state index contributed by atoms with van der Waals surface area (Å²) >= 11 is 0. The molecule has 0 spiro atoms. The number of carbonyl (C=O) groups is 2. The molecular weight excluding hydrogens is 230 g/mol. The number of aliphatic carboxylic acids is 1. The molecule has 2 saturated heterocycles. The van der Waals surface area contributed by atoms with Gasteiger partial charge in [-0.05, 0) is 6.08 Å². The Kier molecular flexibility index (Phi) is 4.47. The summed E-state index contributed by atoms with van der Waals surface area (Å²) in [6, 6.07) is -1.06. The van der Waals surface area contributed by atoms with E-state index in [4.69, 9.17) is 14.9 Å². The molecule has 0 radical (unpaired) electrons. The number of hydrogen-bond donors (Lipinski definition) is 2. The number of carbonyl (C=O) groups excluding carboxylic acids is 1. The van der Waals surface area contributed by atoms with Gasteiger partial charge in [0.25, 0.3) is 0 Å². The lowest BCUT2D eigenvalue weighted by Crippen LogP contribution is -2.54. The first-order valence-corrected chi connectivity index (χ1v) is 4.98. The molecule has 2 aliphatic heterocycles. The molecule has 17 heavy (non-hydrogen) atoms. The van der Waals surface area contributed by atoms with Crippen LogP contribution in [0.4, 0.5) is 0 Å². The smallest absolute Gasteiger partial charge is 0.334 e. The van der Waals surface area contributed by atoms with Gasteiger partial charge in [-0.1, -0.05) is 0 Å². The molecule has 0 unspecified atom stereocenters. The van der Waals surface area contributed by atoms with Crippen molar-refractivity contribution in [1.82, 2.24) is 4.90 Å². The minimum atomic E-state index is -1.14. The van der Waals surface area contributed by atoms with E-state index in [0.717, 1.165) is 0 Å². The summed E-state index contributed by atoms with van der Waals surface area (Å²) in [5.74, 6) is -1.22. The zero-order valence-corrected chi connectivity index (χ0v) is 9.62. The third kappa shape index (κ3) is 2.56. The maximum atomic E-state index is 11.1. The Morgan fingerprint density at radius 2 is 2.24 bits per heavy atom. The van der Waals surface area contributed by atoms with Crippen LogP contribution in [0.5, 0.6) is 0 Å². The summed E-state index contributed by atoms with van der Waals surface area (Å²) in [6.45, 7) is -0.298. The van der Waals surface area contributed by atoms with Crippen molar-refractivity contribution in [2.75, 3.05) is 20.8 Å². The Bertz CT molecular complexity index is 340. The van der Waals surface area contributed by atoms with Crippen LogP contribution in [0.1, 0.15) is 6.42 Å². The van der Waals surface area contributed by atoms with Crippen LogP contribution in [0.15, 0.2) is 11.8 Å². The molecule has 0 aromatic rings. The predicted octanol–water partition coefficient (Wildman–Crippen LogP) is -0.833. The third-order valence-electron chi connectivity index (χ3n) is 2.29. The van der Waals surface area contributed by atoms with E-state index < -0.39 is 18.2 Å². The van der Waals surface area contributed by atoms with E-state index in [1.807, 2.05) is 0 Å². The fraction of sp³-hybridized carbons (Fsp3) is 0.600. The number of carboxylic acid groups (broad SMARTS) is 1. The minimum absolute atomic E-state index is 0.149. The van der Waals surface area contributed by atoms with Crippen LogP contribution in [-0.2, 0) is 19.1 Å². The molecule has 7 nitrogen and oxygen atoms in total. The van der Waals surface area contributed by atoms with E-state index in [2.05, 4.69) is 4.74 Å². The molecule has 96 valence electrons. The monoisotopic (exact) mass is 245 g/mol. The molecule has 7 heteroatoms. The van der Waals surface area contributed by atoms with Gasteiger partial charge < -0.3 is 19.7 Å². The van der Waals surface area contributed by atoms with Gasteiger partial charge in [-0.15, -0.1) is 0 Å². The zero-order valence-electron chi connectivity index (χ0n) is 9.62. The second kappa shape index (κ2) is 5.65. The second-order valence-electron chi connectivity index (χ2n) is 3.52. The van der Waals surface area contributed by atoms with Gasteiger partial charge in [-0.3, -0.25) is 9.69 Å². The number of carboxylic acids is 1. The molecule has 0 aromatic heterocycles. The van der Waals surface area contributed by atoms with Gasteiger partial charge in [0.2, 0.25) is 5.91 Å². The van der Waals surface area contributed by atoms with E-state index in [1.165, 1.54) is 11.0 Å². The largest absolute Gasteiger partial charge is 0.479 e. The lowest BCUT2D eigenvalue weighted by atomic mass is 10.1. The van der Waals surface area contributed by atoms with E-state index in [-0.39, 0.29) is 24.7 Å². The molecule has 2 aliphatic rings. The molecule has 2 N–H and O–H groups in total. The number of β-lactam (4-membered cyclic amide) rings is 1. The Morgan fingerprint density at radius 1 is 1.65 bits per heavy atom. The summed E-state index contributed by atoms with van der Waals surface area (Å²) in [5, 5.41) is 17.5. The van der Waals surface area contributed by atoms with Gasteiger partial charge in [0, 0.05) is 14.2 Å². The van der Waals surface area contributed by atoms with Crippen LogP contribution in [0.25, 0.3) is 0 Å². The quantitative estimate of drug-likeness (QED) is 0.616. The highest BCUT2D eigenvalue weighted by atomic mass is 16.5. The Hall–Kier alpha value is -1.60. The van der Waals surface area contributed by atoms with Crippen molar-refractivity contribution >= 4 is 11.9 Å². The standard InChI is InChI=1S/C8H9NO5.C2H6O/c10-2-1-4-7(8(12)13)9-5(11)3-6(9)14-4;1-3-2/h1,6-7,10H,2-3H2,(H,12,13);1-2H3/t6-,7-;/m1./s1. The maximum Gasteiger partial charge on any atom is 0.334 e. The fourth-order valence-electron chi connectivity index (χ4n) is 1.66. The first kappa shape index (κ1) is 13.5. The van der Waals surface area contributed by atoms with Gasteiger partial charge in [0.05, 0.1) is 13.0 Å². The summed E-state index contributed by atoms with van der Waals surface area (Å²) in [4.78, 5) is 23.1. The number of amides is 1. The number of fused-ring (bicyclic) bond motifs is 1. The molecular formula is C10H15NO6. The highest BCUT2D eigenvalue weighted by molar-refractivity contribution is 5.91. The van der Waals surface area contributed by atoms with Crippen molar-refractivity contribution in [2.45, 2.75) is 18.7 Å². The molecule has 0 saturated carbocycles. The molecule has 1 amide bonds. The summed E-state index contributed by atoms with van der Waals surface area (Å²) in [7, 11) is 3.25. The first-order chi connectivity index (χ1) is 8.06. The predicted molar refractivity (Wildman–Crippen MR) is 55.9 cm³/mol. The van der Waals surface area contributed by atoms with Gasteiger partial charge in [-0.2, -0.15) is 0 Å². The van der Waals surface area contributed by atoms with Gasteiger partial charge >= 0.3 is 5.97 Å². The van der Waals surface area contributed by atoms with E-state index in [1.54, 1.807) is 14.2 Å². The lowest BCUT2D eigenvalue weighted by molar-refractivity contribution is -0.163. The van der Waals surface area contributed by atoms with Crippen LogP contribution >= 0.6 is 0 Å². The summed E-state index contributed by atoms with van der Waals surface area (Å²) in [6.07, 6.45) is 1.03. The number of ether oxygens (including phenoxy) is 2. The van der Waals surface area contributed by atoms with Crippen molar-refractivity contribution in [2.24, 2.45) is 0 Å². The Labute approximate surface area is 98.2 Å². The minimum Gasteiger partial charge on any atom is -0.479 e. The van der Waals surface area contributed by atoms with Crippen LogP contribution < -0.4 is 0 Å². The van der Waals surface area contributed by atoms with Crippen molar-refractivity contribution in [3.63, 3.8) is 0 Å². The van der Waals surface area contributed by atoms with Crippen molar-refractivity contribution in [3.05, 3.63) is 11.8 Å². The average molecular weight is 245 g/mol. The summed E-state index contributed by atoms with van der Waals surface area (Å²) < 4.78 is 9.42. The SMILES string of the molecule is COC.O=C(O)[C@H]1C(=CCO)O[C@@H]2CC(=O)N12. The van der Waals surface area contributed by atoms with Crippen LogP contribution in [0, 0.1) is 0 Å². The van der Waals surface area contributed by atoms with Crippen LogP contribution in [0.3, 0.4) is 0 Å². The number of methoxy groups -OCH3 is 1. The van der Waals surface area contributed by atoms with Crippen molar-refractivity contribution in [1.29, 1.82) is 0 Å². The Balaban J connectivity index is 0.000000437. The number of aliphatic hydroxyl groups is 1. The molecule has 2 fully saturated rings. The summed E-state index contributed by atoms with van der Waals surface area (Å²) in [5.41, 5.74) is 0. The zero-order chi connectivity index (χ0) is 13.0. The molecule has 2 heterocycles. The fourth-order valence-corrected chi connectivity index (χ4v) is 1.66. The normalized spacial score (nSPS) is 27.8. The first-order valence-electron chi connectivity index (χ1n) is 4.98. The van der Waals surface area contributed by atoms with Gasteiger partial charge in [0.1, 0.15) is 5.76 Å². The molecule has 0 bridgehead atoms. The second-order valence-corrected chi connectivity index (χ2v) is 3.52. The maximum absolute atomic E-state index is 11.1. The number of hydrogen-bond acceptors (Lipinski definition) is 5. The Morgan fingerprint density at radius 3 is 2.65 bits per heavy atom. The van der Waals surface area contributed by atoms with E-state index in [9.17, 15) is 9.59 Å². The highest BCUT2D eigenvalue weighted by Crippen LogP contribution is 2.36. The van der Waals surface area contributed by atoms with Gasteiger partial charge in [0.15, 0.2) is 12.3 Å². The average Bonchev–Trinajstić information content (AvgIpc) is 2.53. The molecule has 2 atom stereocenters. The molecule has 0 aromatic carbocycles. The van der Waals surface area contributed by atoms with Crippen LogP contribution in [-0.4, -0.2) is 60.1 Å². The highest BCUT2D eigenvalue weighted by Gasteiger charge is 2.53.